The summed E-state index contributed by atoms with van der Waals surface area (Å²) in [5, 5.41) is 10.6. The van der Waals surface area contributed by atoms with Crippen molar-refractivity contribution in [2.75, 3.05) is 19.0 Å². The lowest BCUT2D eigenvalue weighted by Crippen LogP contribution is -2.07. The van der Waals surface area contributed by atoms with Crippen LogP contribution >= 0.6 is 0 Å². The fourth-order valence-electron chi connectivity index (χ4n) is 2.20. The van der Waals surface area contributed by atoms with Crippen LogP contribution in [-0.2, 0) is 4.79 Å². The minimum atomic E-state index is -0.449. The average molecular weight is 336 g/mol. The maximum Gasteiger partial charge on any atom is 0.269 e. The van der Waals surface area contributed by atoms with Gasteiger partial charge in [-0.1, -0.05) is 18.2 Å². The number of rotatable bonds is 6. The van der Waals surface area contributed by atoms with Gasteiger partial charge in [-0.3, -0.25) is 14.9 Å². The Labute approximate surface area is 147 Å². The molecule has 0 aliphatic heterocycles. The number of nitrogens with zero attached hydrogens (tertiary/aromatic N) is 2. The van der Waals surface area contributed by atoms with Gasteiger partial charge in [0.2, 0.25) is 0 Å². The van der Waals surface area contributed by atoms with Gasteiger partial charge in [-0.05, 0) is 60.0 Å². The Kier molecular flexibility index (Phi) is 5.84. The molecule has 0 heterocycles. The Hall–Kier alpha value is -3.21. The van der Waals surface area contributed by atoms with E-state index in [4.69, 9.17) is 0 Å². The molecule has 0 aliphatic carbocycles. The summed E-state index contributed by atoms with van der Waals surface area (Å²) in [5.74, 6) is -0.102. The van der Waals surface area contributed by atoms with E-state index in [2.05, 4.69) is 0 Å². The molecule has 0 amide bonds. The van der Waals surface area contributed by atoms with E-state index in [-0.39, 0.29) is 11.5 Å². The third-order valence-corrected chi connectivity index (χ3v) is 3.71. The lowest BCUT2D eigenvalue weighted by atomic mass is 10.1. The molecule has 5 nitrogen and oxygen atoms in total. The SMILES string of the molecule is C/C(=C\c1ccc([N+](=O)[O-])cc1)C(=O)/C=C/c1ccc(N(C)C)cc1. The molecule has 0 spiro atoms. The van der Waals surface area contributed by atoms with E-state index in [1.54, 1.807) is 31.2 Å². The first kappa shape index (κ1) is 18.1. The Bertz CT molecular complexity index is 817. The number of hydrogen-bond acceptors (Lipinski definition) is 4. The zero-order valence-corrected chi connectivity index (χ0v) is 14.5. The number of benzene rings is 2. The molecule has 0 aliphatic rings. The van der Waals surface area contributed by atoms with E-state index in [1.807, 2.05) is 43.3 Å². The highest BCUT2D eigenvalue weighted by Crippen LogP contribution is 2.16. The topological polar surface area (TPSA) is 63.5 Å². The zero-order valence-electron chi connectivity index (χ0n) is 14.5. The van der Waals surface area contributed by atoms with Crippen LogP contribution in [0.15, 0.2) is 60.2 Å². The van der Waals surface area contributed by atoms with E-state index in [0.29, 0.717) is 5.57 Å². The van der Waals surface area contributed by atoms with Crippen LogP contribution < -0.4 is 4.90 Å². The normalized spacial score (nSPS) is 11.6. The van der Waals surface area contributed by atoms with Gasteiger partial charge in [-0.15, -0.1) is 0 Å². The van der Waals surface area contributed by atoms with Gasteiger partial charge in [-0.2, -0.15) is 0 Å². The first-order chi connectivity index (χ1) is 11.9. The highest BCUT2D eigenvalue weighted by atomic mass is 16.6. The summed E-state index contributed by atoms with van der Waals surface area (Å²) >= 11 is 0. The monoisotopic (exact) mass is 336 g/mol. The van der Waals surface area contributed by atoms with Gasteiger partial charge in [-0.25, -0.2) is 0 Å². The van der Waals surface area contributed by atoms with E-state index >= 15 is 0 Å². The standard InChI is InChI=1S/C20H20N2O3/c1-15(14-17-6-11-19(12-7-17)22(24)25)20(23)13-8-16-4-9-18(10-5-16)21(2)3/h4-14H,1-3H3/b13-8+,15-14+. The van der Waals surface area contributed by atoms with E-state index < -0.39 is 4.92 Å². The van der Waals surface area contributed by atoms with Gasteiger partial charge in [0.15, 0.2) is 5.78 Å². The lowest BCUT2D eigenvalue weighted by molar-refractivity contribution is -0.384. The molecule has 0 saturated heterocycles. The van der Waals surface area contributed by atoms with E-state index in [9.17, 15) is 14.9 Å². The first-order valence-electron chi connectivity index (χ1n) is 7.79. The number of nitro groups is 1. The van der Waals surface area contributed by atoms with Gasteiger partial charge < -0.3 is 4.90 Å². The van der Waals surface area contributed by atoms with Crippen molar-refractivity contribution in [3.05, 3.63) is 81.4 Å². The number of non-ortho nitro benzene ring substituents is 1. The zero-order chi connectivity index (χ0) is 18.4. The van der Waals surface area contributed by atoms with Crippen LogP contribution in [0.4, 0.5) is 11.4 Å². The molecule has 0 N–H and O–H groups in total. The van der Waals surface area contributed by atoms with Crippen molar-refractivity contribution in [3.8, 4) is 0 Å². The molecule has 0 aromatic heterocycles. The van der Waals surface area contributed by atoms with Gasteiger partial charge >= 0.3 is 0 Å². The van der Waals surface area contributed by atoms with E-state index in [1.165, 1.54) is 18.2 Å². The molecule has 0 saturated carbocycles. The number of nitro benzene ring substituents is 1. The van der Waals surface area contributed by atoms with Crippen molar-refractivity contribution in [1.82, 2.24) is 0 Å². The number of carbonyl (C=O) groups excluding carboxylic acids is 1. The minimum Gasteiger partial charge on any atom is -0.378 e. The molecule has 2 rings (SSSR count). The largest absolute Gasteiger partial charge is 0.378 e. The van der Waals surface area contributed by atoms with Crippen molar-refractivity contribution >= 4 is 29.3 Å². The molecule has 2 aromatic rings. The van der Waals surface area contributed by atoms with Crippen molar-refractivity contribution in [3.63, 3.8) is 0 Å². The van der Waals surface area contributed by atoms with Gasteiger partial charge in [0.25, 0.3) is 5.69 Å². The molecular formula is C20H20N2O3. The fourth-order valence-corrected chi connectivity index (χ4v) is 2.20. The molecule has 25 heavy (non-hydrogen) atoms. The molecule has 5 heteroatoms. The number of hydrogen-bond donors (Lipinski definition) is 0. The summed E-state index contributed by atoms with van der Waals surface area (Å²) in [6, 6.07) is 14.0. The quantitative estimate of drug-likeness (QED) is 0.447. The second-order valence-electron chi connectivity index (χ2n) is 5.86. The highest BCUT2D eigenvalue weighted by molar-refractivity contribution is 6.08. The van der Waals surface area contributed by atoms with Crippen LogP contribution in [-0.4, -0.2) is 24.8 Å². The molecule has 0 radical (unpaired) electrons. The summed E-state index contributed by atoms with van der Waals surface area (Å²) < 4.78 is 0. The Balaban J connectivity index is 2.07. The van der Waals surface area contributed by atoms with Crippen LogP contribution in [0.1, 0.15) is 18.1 Å². The van der Waals surface area contributed by atoms with Crippen molar-refractivity contribution < 1.29 is 9.72 Å². The van der Waals surface area contributed by atoms with Crippen molar-refractivity contribution in [2.24, 2.45) is 0 Å². The fraction of sp³-hybridized carbons (Fsp3) is 0.150. The van der Waals surface area contributed by atoms with Crippen LogP contribution in [0.25, 0.3) is 12.2 Å². The predicted molar refractivity (Wildman–Crippen MR) is 102 cm³/mol. The average Bonchev–Trinajstić information content (AvgIpc) is 2.60. The maximum atomic E-state index is 12.2. The number of carbonyl (C=O) groups is 1. The van der Waals surface area contributed by atoms with E-state index in [0.717, 1.165) is 16.8 Å². The van der Waals surface area contributed by atoms with Crippen molar-refractivity contribution in [2.45, 2.75) is 6.92 Å². The molecule has 0 unspecified atom stereocenters. The lowest BCUT2D eigenvalue weighted by Gasteiger charge is -2.11. The third kappa shape index (κ3) is 5.14. The molecule has 0 bridgehead atoms. The second-order valence-corrected chi connectivity index (χ2v) is 5.86. The second kappa shape index (κ2) is 8.06. The van der Waals surface area contributed by atoms with Crippen LogP contribution in [0.3, 0.4) is 0 Å². The first-order valence-corrected chi connectivity index (χ1v) is 7.79. The smallest absolute Gasteiger partial charge is 0.269 e. The molecule has 128 valence electrons. The molecule has 2 aromatic carbocycles. The summed E-state index contributed by atoms with van der Waals surface area (Å²) in [4.78, 5) is 24.4. The van der Waals surface area contributed by atoms with Crippen molar-refractivity contribution in [1.29, 1.82) is 0 Å². The summed E-state index contributed by atoms with van der Waals surface area (Å²) in [6.07, 6.45) is 5.02. The summed E-state index contributed by atoms with van der Waals surface area (Å²) in [5.41, 5.74) is 3.39. The Morgan fingerprint density at radius 2 is 1.56 bits per heavy atom. The number of allylic oxidation sites excluding steroid dienone is 2. The van der Waals surface area contributed by atoms with Gasteiger partial charge in [0.1, 0.15) is 0 Å². The van der Waals surface area contributed by atoms with Gasteiger partial charge in [0, 0.05) is 31.9 Å². The van der Waals surface area contributed by atoms with Gasteiger partial charge in [0.05, 0.1) is 4.92 Å². The maximum absolute atomic E-state index is 12.2. The Morgan fingerprint density at radius 1 is 1.00 bits per heavy atom. The van der Waals surface area contributed by atoms with Crippen LogP contribution in [0, 0.1) is 10.1 Å². The van der Waals surface area contributed by atoms with Crippen LogP contribution in [0.2, 0.25) is 0 Å². The van der Waals surface area contributed by atoms with Crippen LogP contribution in [0.5, 0.6) is 0 Å². The third-order valence-electron chi connectivity index (χ3n) is 3.71. The minimum absolute atomic E-state index is 0.0298. The molecular weight excluding hydrogens is 316 g/mol. The number of ketones is 1. The predicted octanol–water partition coefficient (Wildman–Crippen LogP) is 4.35. The highest BCUT2D eigenvalue weighted by Gasteiger charge is 2.04. The summed E-state index contributed by atoms with van der Waals surface area (Å²) in [6.45, 7) is 1.73. The Morgan fingerprint density at radius 3 is 2.08 bits per heavy atom. The molecule has 0 fully saturated rings. The molecule has 0 atom stereocenters. The number of anilines is 1. The summed E-state index contributed by atoms with van der Waals surface area (Å²) in [7, 11) is 3.95.